The topological polar surface area (TPSA) is 15.3 Å². The van der Waals surface area contributed by atoms with Crippen LogP contribution in [0.15, 0.2) is 30.3 Å². The number of nitrogens with one attached hydrogen (secondary N) is 1. The summed E-state index contributed by atoms with van der Waals surface area (Å²) in [5.74, 6) is 0.772. The maximum Gasteiger partial charge on any atom is 0.0226 e. The van der Waals surface area contributed by atoms with Crippen LogP contribution >= 0.6 is 0 Å². The lowest BCUT2D eigenvalue weighted by molar-refractivity contribution is 0.165. The predicted octanol–water partition coefficient (Wildman–Crippen LogP) is 2.00. The van der Waals surface area contributed by atoms with Crippen LogP contribution < -0.4 is 5.43 Å². The first kappa shape index (κ1) is 9.69. The molecule has 0 aromatic heterocycles. The summed E-state index contributed by atoms with van der Waals surface area (Å²) in [5, 5.41) is 2.05. The molecule has 0 amide bonds. The Morgan fingerprint density at radius 1 is 1.14 bits per heavy atom. The highest BCUT2D eigenvalue weighted by Gasteiger charge is 2.29. The van der Waals surface area contributed by atoms with Gasteiger partial charge in [0.05, 0.1) is 0 Å². The highest BCUT2D eigenvalue weighted by Crippen LogP contribution is 2.36. The van der Waals surface area contributed by atoms with Crippen molar-refractivity contribution in [2.24, 2.45) is 0 Å². The molecule has 1 aliphatic carbocycles. The molecule has 1 N–H and O–H groups in total. The lowest BCUT2D eigenvalue weighted by Crippen LogP contribution is -2.46. The molecule has 1 fully saturated rings. The summed E-state index contributed by atoms with van der Waals surface area (Å²) >= 11 is 0. The first-order chi connectivity index (χ1) is 6.75. The van der Waals surface area contributed by atoms with Crippen molar-refractivity contribution >= 4 is 0 Å². The van der Waals surface area contributed by atoms with Crippen molar-refractivity contribution in [3.63, 3.8) is 0 Å². The normalized spacial score (nSPS) is 26.2. The quantitative estimate of drug-likeness (QED) is 0.733. The summed E-state index contributed by atoms with van der Waals surface area (Å²) in [6, 6.07) is 11.5. The van der Waals surface area contributed by atoms with Crippen LogP contribution in [0.5, 0.6) is 0 Å². The third-order valence-electron chi connectivity index (χ3n) is 2.85. The lowest BCUT2D eigenvalue weighted by Gasteiger charge is -2.38. The van der Waals surface area contributed by atoms with Crippen molar-refractivity contribution in [1.29, 1.82) is 0 Å². The van der Waals surface area contributed by atoms with Crippen LogP contribution in [-0.4, -0.2) is 25.1 Å². The Hall–Kier alpha value is -0.860. The average molecular weight is 190 g/mol. The zero-order chi connectivity index (χ0) is 9.97. The van der Waals surface area contributed by atoms with E-state index in [-0.39, 0.29) is 0 Å². The molecule has 2 rings (SSSR count). The Labute approximate surface area is 85.9 Å². The summed E-state index contributed by atoms with van der Waals surface area (Å²) in [6.07, 6.45) is 2.53. The first-order valence-electron chi connectivity index (χ1n) is 5.24. The van der Waals surface area contributed by atoms with Gasteiger partial charge in [0.15, 0.2) is 0 Å². The summed E-state index contributed by atoms with van der Waals surface area (Å²) in [7, 11) is 4.10. The van der Waals surface area contributed by atoms with Gasteiger partial charge in [-0.05, 0) is 24.3 Å². The number of hydrogen-bond donors (Lipinski definition) is 1. The fourth-order valence-electron chi connectivity index (χ4n) is 2.09. The molecule has 0 heterocycles. The smallest absolute Gasteiger partial charge is 0.0226 e. The molecule has 2 nitrogen and oxygen atoms in total. The Morgan fingerprint density at radius 3 is 2.36 bits per heavy atom. The molecule has 14 heavy (non-hydrogen) atoms. The van der Waals surface area contributed by atoms with Crippen molar-refractivity contribution in [3.05, 3.63) is 35.9 Å². The number of hydrazine groups is 1. The first-order valence-corrected chi connectivity index (χ1v) is 5.24. The zero-order valence-electron chi connectivity index (χ0n) is 8.90. The Balaban J connectivity index is 1.83. The molecule has 0 aliphatic heterocycles. The number of benzene rings is 1. The largest absolute Gasteiger partial charge is 0.253 e. The summed E-state index contributed by atoms with van der Waals surface area (Å²) < 4.78 is 0. The van der Waals surface area contributed by atoms with E-state index in [1.165, 1.54) is 18.4 Å². The van der Waals surface area contributed by atoms with Crippen LogP contribution in [0.4, 0.5) is 0 Å². The Morgan fingerprint density at radius 2 is 1.79 bits per heavy atom. The maximum absolute atomic E-state index is 3.41. The van der Waals surface area contributed by atoms with Gasteiger partial charge in [-0.3, -0.25) is 10.4 Å². The van der Waals surface area contributed by atoms with E-state index in [0.717, 1.165) is 5.92 Å². The van der Waals surface area contributed by atoms with Gasteiger partial charge >= 0.3 is 0 Å². The van der Waals surface area contributed by atoms with Gasteiger partial charge in [-0.15, -0.1) is 0 Å². The molecule has 2 heteroatoms. The van der Waals surface area contributed by atoms with E-state index in [2.05, 4.69) is 49.9 Å². The van der Waals surface area contributed by atoms with Crippen LogP contribution in [0, 0.1) is 0 Å². The molecule has 1 aliphatic rings. The maximum atomic E-state index is 3.41. The Bertz CT molecular complexity index is 276. The molecular formula is C12H18N2. The zero-order valence-corrected chi connectivity index (χ0v) is 8.90. The van der Waals surface area contributed by atoms with E-state index < -0.39 is 0 Å². The summed E-state index contributed by atoms with van der Waals surface area (Å²) in [4.78, 5) is 0. The number of hydrogen-bond acceptors (Lipinski definition) is 2. The van der Waals surface area contributed by atoms with E-state index in [1.807, 2.05) is 5.01 Å². The second-order valence-electron chi connectivity index (χ2n) is 4.30. The third-order valence-corrected chi connectivity index (χ3v) is 2.85. The fraction of sp³-hybridized carbons (Fsp3) is 0.500. The molecule has 0 atom stereocenters. The molecular weight excluding hydrogens is 172 g/mol. The fourth-order valence-corrected chi connectivity index (χ4v) is 2.09. The van der Waals surface area contributed by atoms with Gasteiger partial charge in [0.1, 0.15) is 0 Å². The van der Waals surface area contributed by atoms with Gasteiger partial charge in [0, 0.05) is 20.1 Å². The highest BCUT2D eigenvalue weighted by molar-refractivity contribution is 5.22. The van der Waals surface area contributed by atoms with Gasteiger partial charge < -0.3 is 0 Å². The van der Waals surface area contributed by atoms with Crippen LogP contribution in [0.1, 0.15) is 24.3 Å². The molecule has 1 aromatic carbocycles. The molecule has 0 spiro atoms. The molecule has 0 unspecified atom stereocenters. The molecule has 0 radical (unpaired) electrons. The predicted molar refractivity (Wildman–Crippen MR) is 59.0 cm³/mol. The van der Waals surface area contributed by atoms with Gasteiger partial charge in [-0.25, -0.2) is 0 Å². The van der Waals surface area contributed by atoms with Crippen molar-refractivity contribution in [3.8, 4) is 0 Å². The van der Waals surface area contributed by atoms with Crippen LogP contribution in [0.25, 0.3) is 0 Å². The van der Waals surface area contributed by atoms with E-state index in [4.69, 9.17) is 0 Å². The minimum atomic E-state index is 0.676. The van der Waals surface area contributed by atoms with Crippen molar-refractivity contribution in [1.82, 2.24) is 10.4 Å². The average Bonchev–Trinajstić information content (AvgIpc) is 2.12. The van der Waals surface area contributed by atoms with E-state index >= 15 is 0 Å². The monoisotopic (exact) mass is 190 g/mol. The lowest BCUT2D eigenvalue weighted by atomic mass is 9.76. The van der Waals surface area contributed by atoms with Crippen molar-refractivity contribution < 1.29 is 0 Å². The molecule has 0 bridgehead atoms. The van der Waals surface area contributed by atoms with E-state index in [9.17, 15) is 0 Å². The number of nitrogens with zero attached hydrogens (tertiary/aromatic N) is 1. The second-order valence-corrected chi connectivity index (χ2v) is 4.30. The second kappa shape index (κ2) is 4.11. The summed E-state index contributed by atoms with van der Waals surface area (Å²) in [6.45, 7) is 0. The van der Waals surface area contributed by atoms with E-state index in [1.54, 1.807) is 0 Å². The van der Waals surface area contributed by atoms with Gasteiger partial charge in [-0.2, -0.15) is 0 Å². The molecule has 1 saturated carbocycles. The van der Waals surface area contributed by atoms with Crippen molar-refractivity contribution in [2.75, 3.05) is 14.1 Å². The van der Waals surface area contributed by atoms with Gasteiger partial charge in [0.2, 0.25) is 0 Å². The van der Waals surface area contributed by atoms with Crippen LogP contribution in [0.3, 0.4) is 0 Å². The molecule has 76 valence electrons. The standard InChI is InChI=1S/C12H18N2/c1-14(2)13-12-8-11(9-12)10-6-4-3-5-7-10/h3-7,11-13H,8-9H2,1-2H3. The Kier molecular flexibility index (Phi) is 2.85. The minimum Gasteiger partial charge on any atom is -0.253 e. The van der Waals surface area contributed by atoms with Gasteiger partial charge in [-0.1, -0.05) is 30.3 Å². The number of rotatable bonds is 3. The highest BCUT2D eigenvalue weighted by atomic mass is 15.5. The van der Waals surface area contributed by atoms with Crippen LogP contribution in [-0.2, 0) is 0 Å². The van der Waals surface area contributed by atoms with Crippen molar-refractivity contribution in [2.45, 2.75) is 24.8 Å². The molecule has 0 saturated heterocycles. The van der Waals surface area contributed by atoms with E-state index in [0.29, 0.717) is 6.04 Å². The van der Waals surface area contributed by atoms with Crippen LogP contribution in [0.2, 0.25) is 0 Å². The minimum absolute atomic E-state index is 0.676. The third kappa shape index (κ3) is 2.14. The molecule has 1 aromatic rings. The summed E-state index contributed by atoms with van der Waals surface area (Å²) in [5.41, 5.74) is 4.90. The van der Waals surface area contributed by atoms with Gasteiger partial charge in [0.25, 0.3) is 0 Å². The SMILES string of the molecule is CN(C)NC1CC(c2ccccc2)C1.